The summed E-state index contributed by atoms with van der Waals surface area (Å²) in [6.45, 7) is 0.729. The van der Waals surface area contributed by atoms with Crippen LogP contribution >= 0.6 is 0 Å². The minimum absolute atomic E-state index is 0.000750. The molecule has 0 fully saturated rings. The highest BCUT2D eigenvalue weighted by Gasteiger charge is 2.54. The molecule has 2 aromatic heterocycles. The first kappa shape index (κ1) is 18.7. The Balaban J connectivity index is 1.89. The van der Waals surface area contributed by atoms with Crippen molar-refractivity contribution in [2.75, 3.05) is 0 Å². The van der Waals surface area contributed by atoms with Crippen LogP contribution in [0.3, 0.4) is 0 Å². The minimum Gasteiger partial charge on any atom is -0.423 e. The number of aromatic nitrogens is 3. The summed E-state index contributed by atoms with van der Waals surface area (Å²) in [6, 6.07) is 5.66. The number of rotatable bonds is 5. The standard InChI is InChI=1S/C18H13F4N3O2/c1-17(26,13-5-3-11(19)9-14(13)20)18(21,22)15-6-4-12(10-25-15)27-16-23-7-2-8-24-16/h2-10,26H,1H3. The van der Waals surface area contributed by atoms with Gasteiger partial charge in [-0.15, -0.1) is 0 Å². The van der Waals surface area contributed by atoms with Crippen LogP contribution in [0.1, 0.15) is 18.2 Å². The molecule has 9 heteroatoms. The molecular formula is C18H13F4N3O2. The highest BCUT2D eigenvalue weighted by molar-refractivity contribution is 5.32. The van der Waals surface area contributed by atoms with Crippen LogP contribution in [0, 0.1) is 11.6 Å². The van der Waals surface area contributed by atoms with E-state index in [1.165, 1.54) is 18.5 Å². The lowest BCUT2D eigenvalue weighted by atomic mass is 9.86. The summed E-state index contributed by atoms with van der Waals surface area (Å²) in [5.41, 5.74) is -4.55. The maximum Gasteiger partial charge on any atom is 0.321 e. The smallest absolute Gasteiger partial charge is 0.321 e. The van der Waals surface area contributed by atoms with Crippen LogP contribution in [0.4, 0.5) is 17.6 Å². The van der Waals surface area contributed by atoms with Gasteiger partial charge in [0.15, 0.2) is 5.60 Å². The van der Waals surface area contributed by atoms with Crippen molar-refractivity contribution in [1.29, 1.82) is 0 Å². The highest BCUT2D eigenvalue weighted by atomic mass is 19.3. The number of alkyl halides is 2. The first-order valence-corrected chi connectivity index (χ1v) is 7.69. The van der Waals surface area contributed by atoms with Crippen LogP contribution in [-0.2, 0) is 11.5 Å². The topological polar surface area (TPSA) is 68.1 Å². The van der Waals surface area contributed by atoms with Crippen LogP contribution in [0.25, 0.3) is 0 Å². The molecule has 0 saturated carbocycles. The van der Waals surface area contributed by atoms with Gasteiger partial charge in [0.05, 0.1) is 6.20 Å². The zero-order valence-corrected chi connectivity index (χ0v) is 13.9. The molecule has 1 unspecified atom stereocenters. The van der Waals surface area contributed by atoms with Gasteiger partial charge in [0.1, 0.15) is 23.1 Å². The van der Waals surface area contributed by atoms with Gasteiger partial charge in [-0.1, -0.05) is 6.07 Å². The van der Waals surface area contributed by atoms with Crippen LogP contribution < -0.4 is 4.74 Å². The molecule has 0 amide bonds. The maximum atomic E-state index is 14.8. The number of hydrogen-bond acceptors (Lipinski definition) is 5. The maximum absolute atomic E-state index is 14.8. The molecule has 0 radical (unpaired) electrons. The highest BCUT2D eigenvalue weighted by Crippen LogP contribution is 2.45. The van der Waals surface area contributed by atoms with Crippen molar-refractivity contribution < 1.29 is 27.4 Å². The van der Waals surface area contributed by atoms with Gasteiger partial charge in [-0.25, -0.2) is 18.7 Å². The molecule has 1 N–H and O–H groups in total. The summed E-state index contributed by atoms with van der Waals surface area (Å²) in [4.78, 5) is 11.2. The van der Waals surface area contributed by atoms with E-state index < -0.39 is 34.4 Å². The summed E-state index contributed by atoms with van der Waals surface area (Å²) in [5.74, 6) is -6.12. The van der Waals surface area contributed by atoms with Gasteiger partial charge in [0.2, 0.25) is 0 Å². The third-order valence-electron chi connectivity index (χ3n) is 3.88. The summed E-state index contributed by atoms with van der Waals surface area (Å²) in [5, 5.41) is 10.3. The Morgan fingerprint density at radius 1 is 1.00 bits per heavy atom. The Hall–Kier alpha value is -3.07. The van der Waals surface area contributed by atoms with E-state index in [0.29, 0.717) is 6.07 Å². The molecule has 140 valence electrons. The first-order chi connectivity index (χ1) is 12.7. The number of halogens is 4. The number of pyridine rings is 1. The monoisotopic (exact) mass is 379 g/mol. The number of hydrogen-bond donors (Lipinski definition) is 1. The van der Waals surface area contributed by atoms with E-state index in [-0.39, 0.29) is 11.8 Å². The molecule has 27 heavy (non-hydrogen) atoms. The third kappa shape index (κ3) is 3.59. The molecule has 3 rings (SSSR count). The Kier molecular flexibility index (Phi) is 4.79. The molecular weight excluding hydrogens is 366 g/mol. The van der Waals surface area contributed by atoms with Crippen molar-refractivity contribution >= 4 is 0 Å². The predicted molar refractivity (Wildman–Crippen MR) is 86.2 cm³/mol. The average Bonchev–Trinajstić information content (AvgIpc) is 2.62. The zero-order valence-electron chi connectivity index (χ0n) is 13.9. The lowest BCUT2D eigenvalue weighted by Gasteiger charge is -2.32. The fourth-order valence-corrected chi connectivity index (χ4v) is 2.37. The van der Waals surface area contributed by atoms with Gasteiger partial charge < -0.3 is 9.84 Å². The fraction of sp³-hybridized carbons (Fsp3) is 0.167. The molecule has 0 bridgehead atoms. The molecule has 2 heterocycles. The molecule has 0 aliphatic carbocycles. The van der Waals surface area contributed by atoms with Crippen LogP contribution in [-0.4, -0.2) is 20.1 Å². The first-order valence-electron chi connectivity index (χ1n) is 7.69. The van der Waals surface area contributed by atoms with Crippen molar-refractivity contribution in [3.8, 4) is 11.8 Å². The summed E-state index contributed by atoms with van der Waals surface area (Å²) >= 11 is 0. The van der Waals surface area contributed by atoms with Crippen molar-refractivity contribution in [3.63, 3.8) is 0 Å². The van der Waals surface area contributed by atoms with E-state index in [0.717, 1.165) is 31.3 Å². The molecule has 1 aromatic carbocycles. The Morgan fingerprint density at radius 3 is 2.30 bits per heavy atom. The predicted octanol–water partition coefficient (Wildman–Crippen LogP) is 3.94. The van der Waals surface area contributed by atoms with E-state index in [4.69, 9.17) is 4.74 Å². The van der Waals surface area contributed by atoms with Gasteiger partial charge in [0.25, 0.3) is 0 Å². The second kappa shape index (κ2) is 6.92. The third-order valence-corrected chi connectivity index (χ3v) is 3.88. The SMILES string of the molecule is CC(O)(c1ccc(F)cc1F)C(F)(F)c1ccc(Oc2ncccn2)cn1. The van der Waals surface area contributed by atoms with Gasteiger partial charge in [-0.2, -0.15) is 8.78 Å². The molecule has 3 aromatic rings. The number of aliphatic hydroxyl groups is 1. The molecule has 1 atom stereocenters. The lowest BCUT2D eigenvalue weighted by molar-refractivity contribution is -0.189. The summed E-state index contributed by atoms with van der Waals surface area (Å²) < 4.78 is 61.8. The molecule has 0 spiro atoms. The van der Waals surface area contributed by atoms with E-state index in [2.05, 4.69) is 15.0 Å². The zero-order chi connectivity index (χ0) is 19.7. The largest absolute Gasteiger partial charge is 0.423 e. The van der Waals surface area contributed by atoms with Gasteiger partial charge in [-0.3, -0.25) is 4.98 Å². The minimum atomic E-state index is -3.98. The van der Waals surface area contributed by atoms with Crippen molar-refractivity contribution in [2.45, 2.75) is 18.4 Å². The number of ether oxygens (including phenoxy) is 1. The Labute approximate surface area is 151 Å². The molecule has 0 aliphatic heterocycles. The molecule has 5 nitrogen and oxygen atoms in total. The van der Waals surface area contributed by atoms with Crippen LogP contribution in [0.2, 0.25) is 0 Å². The van der Waals surface area contributed by atoms with E-state index in [9.17, 15) is 22.7 Å². The van der Waals surface area contributed by atoms with Crippen molar-refractivity contribution in [2.24, 2.45) is 0 Å². The van der Waals surface area contributed by atoms with Crippen molar-refractivity contribution in [1.82, 2.24) is 15.0 Å². The normalized spacial score (nSPS) is 13.9. The van der Waals surface area contributed by atoms with Gasteiger partial charge in [0, 0.05) is 24.0 Å². The van der Waals surface area contributed by atoms with Gasteiger partial charge in [-0.05, 0) is 31.2 Å². The Morgan fingerprint density at radius 2 is 1.70 bits per heavy atom. The quantitative estimate of drug-likeness (QED) is 0.680. The molecule has 0 saturated heterocycles. The summed E-state index contributed by atoms with van der Waals surface area (Å²) in [6.07, 6.45) is 3.87. The summed E-state index contributed by atoms with van der Waals surface area (Å²) in [7, 11) is 0. The van der Waals surface area contributed by atoms with E-state index in [1.807, 2.05) is 0 Å². The van der Waals surface area contributed by atoms with E-state index in [1.54, 1.807) is 6.07 Å². The molecule has 0 aliphatic rings. The lowest BCUT2D eigenvalue weighted by Crippen LogP contribution is -2.42. The van der Waals surface area contributed by atoms with Crippen LogP contribution in [0.5, 0.6) is 11.8 Å². The second-order valence-electron chi connectivity index (χ2n) is 5.78. The van der Waals surface area contributed by atoms with Gasteiger partial charge >= 0.3 is 11.9 Å². The second-order valence-corrected chi connectivity index (χ2v) is 5.78. The van der Waals surface area contributed by atoms with E-state index >= 15 is 0 Å². The number of benzene rings is 1. The average molecular weight is 379 g/mol. The fourth-order valence-electron chi connectivity index (χ4n) is 2.37. The number of nitrogens with zero attached hydrogens (tertiary/aromatic N) is 3. The van der Waals surface area contributed by atoms with Crippen LogP contribution in [0.15, 0.2) is 55.0 Å². The van der Waals surface area contributed by atoms with Crippen molar-refractivity contribution in [3.05, 3.63) is 77.9 Å². The Bertz CT molecular complexity index is 935.